The van der Waals surface area contributed by atoms with Crippen LogP contribution in [0.15, 0.2) is 24.3 Å². The highest BCUT2D eigenvalue weighted by molar-refractivity contribution is 5.76. The fourth-order valence-electron chi connectivity index (χ4n) is 2.32. The molecule has 0 bridgehead atoms. The summed E-state index contributed by atoms with van der Waals surface area (Å²) in [5.41, 5.74) is 13.4. The van der Waals surface area contributed by atoms with Gasteiger partial charge in [0.1, 0.15) is 6.61 Å². The van der Waals surface area contributed by atoms with E-state index in [2.05, 4.69) is 0 Å². The number of Topliss-reactive ketones (excluding diaryl/α,β-unsaturated/α-hetero) is 1. The third-order valence-corrected chi connectivity index (χ3v) is 4.08. The van der Waals surface area contributed by atoms with Crippen molar-refractivity contribution in [1.82, 2.24) is 0 Å². The Balaban J connectivity index is 2.19. The highest BCUT2D eigenvalue weighted by atomic mass is 16.5. The molecule has 1 rings (SSSR count). The molecule has 0 saturated carbocycles. The minimum Gasteiger partial charge on any atom is -0.379 e. The van der Waals surface area contributed by atoms with E-state index in [4.69, 9.17) is 25.7 Å². The van der Waals surface area contributed by atoms with E-state index in [0.29, 0.717) is 32.8 Å². The molecule has 7 nitrogen and oxygen atoms in total. The first-order chi connectivity index (χ1) is 12.9. The summed E-state index contributed by atoms with van der Waals surface area (Å²) in [7, 11) is 0. The highest BCUT2D eigenvalue weighted by Gasteiger charge is 2.14. The number of nitrogens with two attached hydrogens (primary N) is 2. The zero-order valence-corrected chi connectivity index (χ0v) is 16.3. The monoisotopic (exact) mass is 380 g/mol. The number of amides is 1. The summed E-state index contributed by atoms with van der Waals surface area (Å²) in [6.07, 6.45) is 1.45. The van der Waals surface area contributed by atoms with Gasteiger partial charge in [0.2, 0.25) is 5.91 Å². The molecule has 0 aliphatic rings. The molecule has 7 heteroatoms. The lowest BCUT2D eigenvalue weighted by Gasteiger charge is -2.20. The van der Waals surface area contributed by atoms with E-state index in [1.165, 1.54) is 12.5 Å². The summed E-state index contributed by atoms with van der Waals surface area (Å²) in [5.74, 6) is -0.332. The van der Waals surface area contributed by atoms with E-state index < -0.39 is 0 Å². The maximum absolute atomic E-state index is 10.8. The summed E-state index contributed by atoms with van der Waals surface area (Å²) >= 11 is 0. The SMILES string of the molecule is CC(=O)COCCOCCc1ccc(CO[C@H](C)[C@@H](N)CCC(N)=O)cc1. The molecule has 0 spiro atoms. The van der Waals surface area contributed by atoms with Crippen molar-refractivity contribution in [3.8, 4) is 0 Å². The predicted molar refractivity (Wildman–Crippen MR) is 103 cm³/mol. The molecule has 0 aromatic heterocycles. The van der Waals surface area contributed by atoms with E-state index in [1.54, 1.807) is 0 Å². The smallest absolute Gasteiger partial charge is 0.217 e. The van der Waals surface area contributed by atoms with E-state index in [1.807, 2.05) is 31.2 Å². The number of hydrogen-bond donors (Lipinski definition) is 2. The van der Waals surface area contributed by atoms with E-state index in [0.717, 1.165) is 12.0 Å². The number of ketones is 1. The Morgan fingerprint density at radius 1 is 1.04 bits per heavy atom. The summed E-state index contributed by atoms with van der Waals surface area (Å²) in [5, 5.41) is 0. The number of carbonyl (C=O) groups is 2. The van der Waals surface area contributed by atoms with Crippen molar-refractivity contribution in [1.29, 1.82) is 0 Å². The summed E-state index contributed by atoms with van der Waals surface area (Å²) in [6.45, 7) is 5.51. The van der Waals surface area contributed by atoms with Crippen LogP contribution in [0.25, 0.3) is 0 Å². The molecule has 0 radical (unpaired) electrons. The lowest BCUT2D eigenvalue weighted by atomic mass is 10.1. The number of benzene rings is 1. The first-order valence-electron chi connectivity index (χ1n) is 9.26. The normalized spacial score (nSPS) is 13.3. The van der Waals surface area contributed by atoms with Gasteiger partial charge in [-0.1, -0.05) is 24.3 Å². The maximum atomic E-state index is 10.8. The zero-order valence-electron chi connectivity index (χ0n) is 16.3. The average molecular weight is 380 g/mol. The fourth-order valence-corrected chi connectivity index (χ4v) is 2.32. The third kappa shape index (κ3) is 11.5. The Morgan fingerprint density at radius 3 is 2.30 bits per heavy atom. The molecule has 0 unspecified atom stereocenters. The van der Waals surface area contributed by atoms with Crippen LogP contribution in [0, 0.1) is 0 Å². The molecule has 4 N–H and O–H groups in total. The largest absolute Gasteiger partial charge is 0.379 e. The van der Waals surface area contributed by atoms with Gasteiger partial charge in [-0.15, -0.1) is 0 Å². The van der Waals surface area contributed by atoms with Crippen LogP contribution in [-0.2, 0) is 36.8 Å². The van der Waals surface area contributed by atoms with Gasteiger partial charge in [-0.3, -0.25) is 9.59 Å². The molecule has 1 aromatic carbocycles. The van der Waals surface area contributed by atoms with Gasteiger partial charge >= 0.3 is 0 Å². The first-order valence-corrected chi connectivity index (χ1v) is 9.26. The molecule has 1 amide bonds. The third-order valence-electron chi connectivity index (χ3n) is 4.08. The number of hydrogen-bond acceptors (Lipinski definition) is 6. The van der Waals surface area contributed by atoms with Gasteiger partial charge in [-0.05, 0) is 37.8 Å². The van der Waals surface area contributed by atoms with E-state index >= 15 is 0 Å². The van der Waals surface area contributed by atoms with Gasteiger partial charge in [0.15, 0.2) is 5.78 Å². The topological polar surface area (TPSA) is 114 Å². The van der Waals surface area contributed by atoms with Gasteiger partial charge < -0.3 is 25.7 Å². The first kappa shape index (κ1) is 23.2. The minimum absolute atomic E-state index is 0.0149. The Labute approximate surface area is 161 Å². The van der Waals surface area contributed by atoms with Crippen LogP contribution >= 0.6 is 0 Å². The minimum atomic E-state index is -0.346. The fraction of sp³-hybridized carbons (Fsp3) is 0.600. The maximum Gasteiger partial charge on any atom is 0.217 e. The van der Waals surface area contributed by atoms with Gasteiger partial charge in [-0.25, -0.2) is 0 Å². The second-order valence-electron chi connectivity index (χ2n) is 6.62. The molecule has 2 atom stereocenters. The van der Waals surface area contributed by atoms with Crippen molar-refractivity contribution in [2.75, 3.05) is 26.4 Å². The van der Waals surface area contributed by atoms with Crippen molar-refractivity contribution in [3.05, 3.63) is 35.4 Å². The van der Waals surface area contributed by atoms with Gasteiger partial charge in [0.25, 0.3) is 0 Å². The predicted octanol–water partition coefficient (Wildman–Crippen LogP) is 1.35. The standard InChI is InChI=1S/C20H32N2O5/c1-15(23)13-26-12-11-25-10-9-17-3-5-18(6-4-17)14-27-16(2)19(21)7-8-20(22)24/h3-6,16,19H,7-14,21H2,1-2H3,(H2,22,24)/t16-,19+/m1/s1. The van der Waals surface area contributed by atoms with Crippen molar-refractivity contribution in [2.45, 2.75) is 51.9 Å². The number of rotatable bonds is 15. The van der Waals surface area contributed by atoms with Crippen LogP contribution in [0.2, 0.25) is 0 Å². The molecule has 0 fully saturated rings. The van der Waals surface area contributed by atoms with Crippen molar-refractivity contribution >= 4 is 11.7 Å². The summed E-state index contributed by atoms with van der Waals surface area (Å²) in [4.78, 5) is 21.5. The number of ether oxygens (including phenoxy) is 3. The Hall–Kier alpha value is -1.80. The Kier molecular flexibility index (Phi) is 11.5. The molecule has 0 saturated heterocycles. The zero-order chi connectivity index (χ0) is 20.1. The Bertz CT molecular complexity index is 562. The molecule has 0 heterocycles. The van der Waals surface area contributed by atoms with E-state index in [-0.39, 0.29) is 36.9 Å². The van der Waals surface area contributed by atoms with Crippen LogP contribution in [0.5, 0.6) is 0 Å². The molecule has 0 aliphatic carbocycles. The van der Waals surface area contributed by atoms with Crippen LogP contribution in [0.4, 0.5) is 0 Å². The Morgan fingerprint density at radius 2 is 1.67 bits per heavy atom. The quantitative estimate of drug-likeness (QED) is 0.444. The van der Waals surface area contributed by atoms with Crippen molar-refractivity contribution < 1.29 is 23.8 Å². The molecule has 27 heavy (non-hydrogen) atoms. The van der Waals surface area contributed by atoms with Crippen LogP contribution in [0.3, 0.4) is 0 Å². The lowest BCUT2D eigenvalue weighted by molar-refractivity contribution is -0.122. The lowest BCUT2D eigenvalue weighted by Crippen LogP contribution is -2.35. The average Bonchev–Trinajstić information content (AvgIpc) is 2.64. The van der Waals surface area contributed by atoms with Crippen molar-refractivity contribution in [3.63, 3.8) is 0 Å². The second-order valence-corrected chi connectivity index (χ2v) is 6.62. The number of carbonyl (C=O) groups excluding carboxylic acids is 2. The molecular formula is C20H32N2O5. The van der Waals surface area contributed by atoms with Crippen LogP contribution < -0.4 is 11.5 Å². The molecule has 152 valence electrons. The highest BCUT2D eigenvalue weighted by Crippen LogP contribution is 2.10. The van der Waals surface area contributed by atoms with Crippen molar-refractivity contribution in [2.24, 2.45) is 11.5 Å². The molecule has 1 aromatic rings. The van der Waals surface area contributed by atoms with Gasteiger partial charge in [0.05, 0.1) is 32.5 Å². The second kappa shape index (κ2) is 13.4. The molecule has 0 aliphatic heterocycles. The molecular weight excluding hydrogens is 348 g/mol. The van der Waals surface area contributed by atoms with Gasteiger partial charge in [-0.2, -0.15) is 0 Å². The van der Waals surface area contributed by atoms with E-state index in [9.17, 15) is 9.59 Å². The summed E-state index contributed by atoms with van der Waals surface area (Å²) < 4.78 is 16.4. The summed E-state index contributed by atoms with van der Waals surface area (Å²) in [6, 6.07) is 7.92. The van der Waals surface area contributed by atoms with Crippen LogP contribution in [-0.4, -0.2) is 50.3 Å². The number of primary amides is 1. The van der Waals surface area contributed by atoms with Gasteiger partial charge in [0, 0.05) is 12.5 Å². The van der Waals surface area contributed by atoms with Crippen LogP contribution in [0.1, 0.15) is 37.8 Å².